The molecule has 1 amide bonds. The van der Waals surface area contributed by atoms with E-state index in [1.54, 1.807) is 12.1 Å². The summed E-state index contributed by atoms with van der Waals surface area (Å²) in [6, 6.07) is 5.70. The second-order valence-corrected chi connectivity index (χ2v) is 5.32. The molecule has 1 fully saturated rings. The molecule has 0 atom stereocenters. The van der Waals surface area contributed by atoms with Crippen molar-refractivity contribution in [1.82, 2.24) is 5.32 Å². The third-order valence-corrected chi connectivity index (χ3v) is 3.78. The SMILES string of the molecule is O=C(/C=C/c1ccc(F)cc1)NC1(C(=O)O)CCCCC1. The van der Waals surface area contributed by atoms with Crippen molar-refractivity contribution < 1.29 is 19.1 Å². The molecule has 0 bridgehead atoms. The van der Waals surface area contributed by atoms with Crippen molar-refractivity contribution in [3.63, 3.8) is 0 Å². The first-order valence-electron chi connectivity index (χ1n) is 7.01. The van der Waals surface area contributed by atoms with Crippen LogP contribution in [0.25, 0.3) is 6.08 Å². The topological polar surface area (TPSA) is 66.4 Å². The fourth-order valence-corrected chi connectivity index (χ4v) is 2.57. The van der Waals surface area contributed by atoms with Crippen molar-refractivity contribution in [2.45, 2.75) is 37.6 Å². The molecule has 1 aliphatic carbocycles. The molecular formula is C16H18FNO3. The van der Waals surface area contributed by atoms with Gasteiger partial charge in [-0.05, 0) is 36.6 Å². The maximum absolute atomic E-state index is 12.8. The predicted molar refractivity (Wildman–Crippen MR) is 77.0 cm³/mol. The van der Waals surface area contributed by atoms with Gasteiger partial charge in [0.2, 0.25) is 5.91 Å². The fraction of sp³-hybridized carbons (Fsp3) is 0.375. The number of nitrogens with one attached hydrogen (secondary N) is 1. The van der Waals surface area contributed by atoms with Crippen LogP contribution in [0.2, 0.25) is 0 Å². The van der Waals surface area contributed by atoms with Crippen LogP contribution in [0.15, 0.2) is 30.3 Å². The van der Waals surface area contributed by atoms with Crippen molar-refractivity contribution in [3.05, 3.63) is 41.7 Å². The van der Waals surface area contributed by atoms with Gasteiger partial charge in [0.15, 0.2) is 0 Å². The monoisotopic (exact) mass is 291 g/mol. The van der Waals surface area contributed by atoms with Crippen molar-refractivity contribution in [1.29, 1.82) is 0 Å². The van der Waals surface area contributed by atoms with Crippen LogP contribution in [0, 0.1) is 5.82 Å². The first kappa shape index (κ1) is 15.2. The van der Waals surface area contributed by atoms with Gasteiger partial charge in [-0.1, -0.05) is 31.4 Å². The lowest BCUT2D eigenvalue weighted by Gasteiger charge is -2.33. The van der Waals surface area contributed by atoms with Crippen LogP contribution < -0.4 is 5.32 Å². The molecule has 1 saturated carbocycles. The number of carbonyl (C=O) groups is 2. The van der Waals surface area contributed by atoms with E-state index in [2.05, 4.69) is 5.32 Å². The Kier molecular flexibility index (Phi) is 4.73. The summed E-state index contributed by atoms with van der Waals surface area (Å²) in [6.45, 7) is 0. The lowest BCUT2D eigenvalue weighted by molar-refractivity contribution is -0.148. The standard InChI is InChI=1S/C16H18FNO3/c17-13-7-4-12(5-8-13)6-9-14(19)18-16(15(20)21)10-2-1-3-11-16/h4-9H,1-3,10-11H2,(H,18,19)(H,20,21)/b9-6+. The van der Waals surface area contributed by atoms with Gasteiger partial charge in [0.05, 0.1) is 0 Å². The molecule has 0 saturated heterocycles. The van der Waals surface area contributed by atoms with Gasteiger partial charge in [0, 0.05) is 6.08 Å². The summed E-state index contributed by atoms with van der Waals surface area (Å²) in [5.41, 5.74) is -0.470. The maximum Gasteiger partial charge on any atom is 0.329 e. The highest BCUT2D eigenvalue weighted by Gasteiger charge is 2.40. The summed E-state index contributed by atoms with van der Waals surface area (Å²) >= 11 is 0. The molecule has 1 aromatic carbocycles. The van der Waals surface area contributed by atoms with Crippen LogP contribution in [-0.4, -0.2) is 22.5 Å². The molecule has 0 aromatic heterocycles. The quantitative estimate of drug-likeness (QED) is 0.838. The Morgan fingerprint density at radius 1 is 1.14 bits per heavy atom. The van der Waals surface area contributed by atoms with Gasteiger partial charge in [0.25, 0.3) is 0 Å². The van der Waals surface area contributed by atoms with E-state index in [0.717, 1.165) is 19.3 Å². The van der Waals surface area contributed by atoms with Gasteiger partial charge in [0.1, 0.15) is 11.4 Å². The zero-order valence-electron chi connectivity index (χ0n) is 11.6. The van der Waals surface area contributed by atoms with Gasteiger partial charge in [-0.3, -0.25) is 4.79 Å². The number of benzene rings is 1. The van der Waals surface area contributed by atoms with Gasteiger partial charge < -0.3 is 10.4 Å². The summed E-state index contributed by atoms with van der Waals surface area (Å²) in [7, 11) is 0. The van der Waals surface area contributed by atoms with Gasteiger partial charge in [-0.15, -0.1) is 0 Å². The highest BCUT2D eigenvalue weighted by Crippen LogP contribution is 2.28. The number of aliphatic carboxylic acids is 1. The Balaban J connectivity index is 2.02. The van der Waals surface area contributed by atoms with Gasteiger partial charge >= 0.3 is 5.97 Å². The smallest absolute Gasteiger partial charge is 0.329 e. The van der Waals surface area contributed by atoms with Crippen LogP contribution >= 0.6 is 0 Å². The van der Waals surface area contributed by atoms with Crippen LogP contribution in [0.4, 0.5) is 4.39 Å². The average Bonchev–Trinajstić information content (AvgIpc) is 2.47. The first-order chi connectivity index (χ1) is 10.0. The Bertz CT molecular complexity index is 545. The van der Waals surface area contributed by atoms with Crippen molar-refractivity contribution in [2.75, 3.05) is 0 Å². The van der Waals surface area contributed by atoms with E-state index < -0.39 is 17.4 Å². The molecule has 5 heteroatoms. The van der Waals surface area contributed by atoms with Crippen LogP contribution in [0.3, 0.4) is 0 Å². The summed E-state index contributed by atoms with van der Waals surface area (Å²) in [4.78, 5) is 23.4. The molecule has 0 unspecified atom stereocenters. The van der Waals surface area contributed by atoms with Crippen LogP contribution in [-0.2, 0) is 9.59 Å². The Hall–Kier alpha value is -2.17. The molecule has 1 aliphatic rings. The van der Waals surface area contributed by atoms with E-state index in [-0.39, 0.29) is 5.82 Å². The largest absolute Gasteiger partial charge is 0.480 e. The van der Waals surface area contributed by atoms with Gasteiger partial charge in [-0.2, -0.15) is 0 Å². The number of rotatable bonds is 4. The molecule has 112 valence electrons. The molecule has 2 rings (SSSR count). The minimum absolute atomic E-state index is 0.344. The first-order valence-corrected chi connectivity index (χ1v) is 7.01. The molecule has 0 spiro atoms. The highest BCUT2D eigenvalue weighted by molar-refractivity contribution is 5.95. The fourth-order valence-electron chi connectivity index (χ4n) is 2.57. The molecule has 1 aromatic rings. The maximum atomic E-state index is 12.8. The second-order valence-electron chi connectivity index (χ2n) is 5.32. The van der Waals surface area contributed by atoms with E-state index in [9.17, 15) is 19.1 Å². The predicted octanol–water partition coefficient (Wildman–Crippen LogP) is 2.74. The number of hydrogen-bond acceptors (Lipinski definition) is 2. The zero-order valence-corrected chi connectivity index (χ0v) is 11.6. The van der Waals surface area contributed by atoms with E-state index >= 15 is 0 Å². The zero-order chi connectivity index (χ0) is 15.3. The van der Waals surface area contributed by atoms with Crippen LogP contribution in [0.5, 0.6) is 0 Å². The van der Waals surface area contributed by atoms with Crippen molar-refractivity contribution in [3.8, 4) is 0 Å². The van der Waals surface area contributed by atoms with Gasteiger partial charge in [-0.25, -0.2) is 9.18 Å². The van der Waals surface area contributed by atoms with Crippen molar-refractivity contribution in [2.24, 2.45) is 0 Å². The van der Waals surface area contributed by atoms with Crippen molar-refractivity contribution >= 4 is 18.0 Å². The molecule has 0 radical (unpaired) electrons. The van der Waals surface area contributed by atoms with Crippen LogP contribution in [0.1, 0.15) is 37.7 Å². The van der Waals surface area contributed by atoms with E-state index in [4.69, 9.17) is 0 Å². The second kappa shape index (κ2) is 6.52. The summed E-state index contributed by atoms with van der Waals surface area (Å²) in [5.74, 6) is -1.77. The average molecular weight is 291 g/mol. The number of carboxylic acid groups (broad SMARTS) is 1. The number of carbonyl (C=O) groups excluding carboxylic acids is 1. The Labute approximate surface area is 122 Å². The Morgan fingerprint density at radius 2 is 1.76 bits per heavy atom. The van der Waals surface area contributed by atoms with E-state index in [0.29, 0.717) is 18.4 Å². The van der Waals surface area contributed by atoms with E-state index in [1.165, 1.54) is 24.3 Å². The lowest BCUT2D eigenvalue weighted by Crippen LogP contribution is -2.55. The molecule has 0 heterocycles. The molecule has 2 N–H and O–H groups in total. The minimum Gasteiger partial charge on any atom is -0.480 e. The number of hydrogen-bond donors (Lipinski definition) is 2. The molecule has 21 heavy (non-hydrogen) atoms. The molecule has 0 aliphatic heterocycles. The number of amides is 1. The third-order valence-electron chi connectivity index (χ3n) is 3.78. The summed E-state index contributed by atoms with van der Waals surface area (Å²) in [6.07, 6.45) is 6.33. The highest BCUT2D eigenvalue weighted by atomic mass is 19.1. The molecular weight excluding hydrogens is 273 g/mol. The van der Waals surface area contributed by atoms with E-state index in [1.807, 2.05) is 0 Å². The normalized spacial score (nSPS) is 17.6. The molecule has 4 nitrogen and oxygen atoms in total. The summed E-state index contributed by atoms with van der Waals surface area (Å²) < 4.78 is 12.8. The number of carboxylic acids is 1. The Morgan fingerprint density at radius 3 is 2.33 bits per heavy atom. The third kappa shape index (κ3) is 3.90. The summed E-state index contributed by atoms with van der Waals surface area (Å²) in [5, 5.41) is 12.0. The minimum atomic E-state index is -1.15. The lowest BCUT2D eigenvalue weighted by atomic mass is 9.81. The number of halogens is 1.